The zero-order valence-corrected chi connectivity index (χ0v) is 12.0. The molecule has 1 aliphatic carbocycles. The van der Waals surface area contributed by atoms with Crippen LogP contribution in [0.15, 0.2) is 18.2 Å². The predicted molar refractivity (Wildman–Crippen MR) is 77.7 cm³/mol. The maximum Gasteiger partial charge on any atom is 0.271 e. The molecule has 5 heteroatoms. The predicted octanol–water partition coefficient (Wildman–Crippen LogP) is 4.48. The number of hydrogen-bond donors (Lipinski definition) is 1. The molecule has 19 heavy (non-hydrogen) atoms. The average molecular weight is 283 g/mol. The Morgan fingerprint density at radius 3 is 2.63 bits per heavy atom. The van der Waals surface area contributed by atoms with Crippen LogP contribution < -0.4 is 5.32 Å². The second-order valence-electron chi connectivity index (χ2n) is 5.53. The topological polar surface area (TPSA) is 55.2 Å². The number of benzene rings is 1. The van der Waals surface area contributed by atoms with Crippen LogP contribution in [0.3, 0.4) is 0 Å². The molecule has 1 aromatic carbocycles. The van der Waals surface area contributed by atoms with Crippen molar-refractivity contribution in [2.24, 2.45) is 11.8 Å². The molecule has 0 saturated heterocycles. The zero-order chi connectivity index (χ0) is 14.0. The number of nitro benzene ring substituents is 1. The highest BCUT2D eigenvalue weighted by atomic mass is 35.5. The second kappa shape index (κ2) is 5.78. The highest BCUT2D eigenvalue weighted by Crippen LogP contribution is 2.33. The summed E-state index contributed by atoms with van der Waals surface area (Å²) in [6.07, 6.45) is 3.46. The first-order chi connectivity index (χ1) is 8.97. The van der Waals surface area contributed by atoms with Crippen LogP contribution in [0.4, 0.5) is 11.4 Å². The first-order valence-corrected chi connectivity index (χ1v) is 7.05. The van der Waals surface area contributed by atoms with Gasteiger partial charge in [0.05, 0.1) is 15.6 Å². The van der Waals surface area contributed by atoms with E-state index in [1.54, 1.807) is 6.07 Å². The largest absolute Gasteiger partial charge is 0.381 e. The number of rotatable bonds is 3. The summed E-state index contributed by atoms with van der Waals surface area (Å²) in [5.41, 5.74) is 0.820. The molecule has 3 atom stereocenters. The van der Waals surface area contributed by atoms with Gasteiger partial charge in [0.25, 0.3) is 5.69 Å². The smallest absolute Gasteiger partial charge is 0.271 e. The molecule has 2 rings (SSSR count). The maximum absolute atomic E-state index is 10.7. The van der Waals surface area contributed by atoms with Crippen LogP contribution in [0.25, 0.3) is 0 Å². The lowest BCUT2D eigenvalue weighted by Crippen LogP contribution is -2.30. The zero-order valence-electron chi connectivity index (χ0n) is 11.2. The molecule has 104 valence electrons. The number of nitro groups is 1. The summed E-state index contributed by atoms with van der Waals surface area (Å²) >= 11 is 6.09. The minimum absolute atomic E-state index is 0.0289. The summed E-state index contributed by atoms with van der Waals surface area (Å²) in [7, 11) is 0. The molecule has 0 amide bonds. The molecule has 1 aliphatic rings. The van der Waals surface area contributed by atoms with Gasteiger partial charge in [-0.2, -0.15) is 0 Å². The van der Waals surface area contributed by atoms with Crippen molar-refractivity contribution in [2.75, 3.05) is 5.32 Å². The average Bonchev–Trinajstić information content (AvgIpc) is 2.36. The van der Waals surface area contributed by atoms with Crippen molar-refractivity contribution >= 4 is 23.0 Å². The van der Waals surface area contributed by atoms with Crippen LogP contribution in [0.1, 0.15) is 33.1 Å². The number of hydrogen-bond acceptors (Lipinski definition) is 3. The van der Waals surface area contributed by atoms with E-state index in [2.05, 4.69) is 19.2 Å². The molecule has 0 aromatic heterocycles. The number of halogens is 1. The molecular weight excluding hydrogens is 264 g/mol. The van der Waals surface area contributed by atoms with Crippen molar-refractivity contribution in [3.05, 3.63) is 33.3 Å². The molecule has 4 nitrogen and oxygen atoms in total. The second-order valence-corrected chi connectivity index (χ2v) is 5.94. The van der Waals surface area contributed by atoms with E-state index in [4.69, 9.17) is 11.6 Å². The Balaban J connectivity index is 2.05. The minimum atomic E-state index is -0.431. The van der Waals surface area contributed by atoms with Crippen molar-refractivity contribution in [3.63, 3.8) is 0 Å². The summed E-state index contributed by atoms with van der Waals surface area (Å²) < 4.78 is 0. The van der Waals surface area contributed by atoms with Crippen molar-refractivity contribution in [2.45, 2.75) is 39.2 Å². The molecule has 1 N–H and O–H groups in total. The van der Waals surface area contributed by atoms with E-state index >= 15 is 0 Å². The minimum Gasteiger partial charge on any atom is -0.381 e. The molecule has 1 aromatic rings. The molecule has 0 spiro atoms. The standard InChI is InChI=1S/C14H19ClN2O2/c1-9-3-4-11(7-10(9)2)16-14-6-5-12(17(18)19)8-13(14)15/h5-6,8-11,16H,3-4,7H2,1-2H3. The van der Waals surface area contributed by atoms with E-state index in [1.807, 2.05) is 0 Å². The Labute approximate surface area is 118 Å². The Kier molecular flexibility index (Phi) is 4.30. The molecule has 3 unspecified atom stereocenters. The summed E-state index contributed by atoms with van der Waals surface area (Å²) in [4.78, 5) is 10.2. The lowest BCUT2D eigenvalue weighted by Gasteiger charge is -2.33. The Hall–Kier alpha value is -1.29. The Bertz CT molecular complexity index is 479. The highest BCUT2D eigenvalue weighted by molar-refractivity contribution is 6.33. The van der Waals surface area contributed by atoms with Gasteiger partial charge >= 0.3 is 0 Å². The van der Waals surface area contributed by atoms with Crippen LogP contribution in [0.5, 0.6) is 0 Å². The van der Waals surface area contributed by atoms with Gasteiger partial charge in [0.1, 0.15) is 0 Å². The number of anilines is 1. The van der Waals surface area contributed by atoms with Gasteiger partial charge in [-0.25, -0.2) is 0 Å². The van der Waals surface area contributed by atoms with Gasteiger partial charge in [-0.15, -0.1) is 0 Å². The molecule has 0 heterocycles. The third-order valence-corrected chi connectivity index (χ3v) is 4.43. The fraction of sp³-hybridized carbons (Fsp3) is 0.571. The van der Waals surface area contributed by atoms with Gasteiger partial charge in [0.15, 0.2) is 0 Å². The van der Waals surface area contributed by atoms with Crippen molar-refractivity contribution < 1.29 is 4.92 Å². The van der Waals surface area contributed by atoms with Gasteiger partial charge < -0.3 is 5.32 Å². The number of non-ortho nitro benzene ring substituents is 1. The molecule has 1 fully saturated rings. The third-order valence-electron chi connectivity index (χ3n) is 4.12. The van der Waals surface area contributed by atoms with Gasteiger partial charge in [-0.1, -0.05) is 25.4 Å². The van der Waals surface area contributed by atoms with E-state index in [1.165, 1.54) is 18.6 Å². The molecular formula is C14H19ClN2O2. The fourth-order valence-corrected chi connectivity index (χ4v) is 2.86. The maximum atomic E-state index is 10.7. The summed E-state index contributed by atoms with van der Waals surface area (Å²) in [6, 6.07) is 5.00. The van der Waals surface area contributed by atoms with Gasteiger partial charge in [0, 0.05) is 18.2 Å². The summed E-state index contributed by atoms with van der Waals surface area (Å²) in [5, 5.41) is 14.5. The summed E-state index contributed by atoms with van der Waals surface area (Å²) in [5.74, 6) is 1.47. The van der Waals surface area contributed by atoms with Gasteiger partial charge in [-0.3, -0.25) is 10.1 Å². The number of nitrogens with zero attached hydrogens (tertiary/aromatic N) is 1. The lowest BCUT2D eigenvalue weighted by molar-refractivity contribution is -0.384. The van der Waals surface area contributed by atoms with Crippen LogP contribution in [0.2, 0.25) is 5.02 Å². The highest BCUT2D eigenvalue weighted by Gasteiger charge is 2.24. The van der Waals surface area contributed by atoms with E-state index in [-0.39, 0.29) is 5.69 Å². The number of nitrogens with one attached hydrogen (secondary N) is 1. The Morgan fingerprint density at radius 2 is 2.05 bits per heavy atom. The Morgan fingerprint density at radius 1 is 1.32 bits per heavy atom. The van der Waals surface area contributed by atoms with Crippen LogP contribution >= 0.6 is 11.6 Å². The first-order valence-electron chi connectivity index (χ1n) is 6.68. The van der Waals surface area contributed by atoms with E-state index in [0.717, 1.165) is 24.4 Å². The van der Waals surface area contributed by atoms with Crippen LogP contribution in [-0.4, -0.2) is 11.0 Å². The SMILES string of the molecule is CC1CCC(Nc2ccc([N+](=O)[O-])cc2Cl)CC1C. The van der Waals surface area contributed by atoms with E-state index in [0.29, 0.717) is 17.0 Å². The third kappa shape index (κ3) is 3.38. The van der Waals surface area contributed by atoms with Crippen molar-refractivity contribution in [1.29, 1.82) is 0 Å². The summed E-state index contributed by atoms with van der Waals surface area (Å²) in [6.45, 7) is 4.57. The molecule has 0 aliphatic heterocycles. The van der Waals surface area contributed by atoms with Gasteiger partial charge in [0.2, 0.25) is 0 Å². The lowest BCUT2D eigenvalue weighted by atomic mass is 9.79. The normalized spacial score (nSPS) is 27.0. The molecule has 1 saturated carbocycles. The fourth-order valence-electron chi connectivity index (χ4n) is 2.63. The van der Waals surface area contributed by atoms with Gasteiger partial charge in [-0.05, 0) is 37.2 Å². The molecule has 0 radical (unpaired) electrons. The van der Waals surface area contributed by atoms with Crippen molar-refractivity contribution in [1.82, 2.24) is 0 Å². The quantitative estimate of drug-likeness (QED) is 0.657. The van der Waals surface area contributed by atoms with E-state index in [9.17, 15) is 10.1 Å². The monoisotopic (exact) mass is 282 g/mol. The van der Waals surface area contributed by atoms with Crippen LogP contribution in [-0.2, 0) is 0 Å². The first kappa shape index (κ1) is 14.1. The molecule has 0 bridgehead atoms. The van der Waals surface area contributed by atoms with E-state index < -0.39 is 4.92 Å². The van der Waals surface area contributed by atoms with Crippen molar-refractivity contribution in [3.8, 4) is 0 Å². The van der Waals surface area contributed by atoms with Crippen LogP contribution in [0, 0.1) is 22.0 Å².